The van der Waals surface area contributed by atoms with Crippen LogP contribution in [0.5, 0.6) is 0 Å². The maximum atomic E-state index is 10.9. The van der Waals surface area contributed by atoms with Gasteiger partial charge >= 0.3 is 0 Å². The molecule has 1 aromatic heterocycles. The average Bonchev–Trinajstić information content (AvgIpc) is 2.91. The third kappa shape index (κ3) is 2.08. The number of nitro benzene ring substituents is 1. The number of hydrogen-bond donors (Lipinski definition) is 1. The van der Waals surface area contributed by atoms with Crippen LogP contribution >= 0.6 is 0 Å². The first-order chi connectivity index (χ1) is 9.70. The van der Waals surface area contributed by atoms with Crippen LogP contribution in [-0.2, 0) is 6.42 Å². The Hall–Kier alpha value is -2.21. The van der Waals surface area contributed by atoms with Crippen LogP contribution in [0, 0.1) is 10.1 Å². The van der Waals surface area contributed by atoms with E-state index in [0.29, 0.717) is 12.5 Å². The first kappa shape index (κ1) is 12.8. The Balaban J connectivity index is 2.05. The lowest BCUT2D eigenvalue weighted by Gasteiger charge is -2.21. The normalized spacial score (nSPS) is 17.8. The highest BCUT2D eigenvalue weighted by Gasteiger charge is 2.24. The lowest BCUT2D eigenvalue weighted by atomic mass is 9.87. The number of non-ortho nitro benzene ring substituents is 1. The Morgan fingerprint density at radius 1 is 1.50 bits per heavy atom. The van der Waals surface area contributed by atoms with E-state index in [-0.39, 0.29) is 10.6 Å². The molecule has 1 atom stereocenters. The van der Waals surface area contributed by atoms with E-state index < -0.39 is 0 Å². The number of benzene rings is 1. The smallest absolute Gasteiger partial charge is 0.271 e. The lowest BCUT2D eigenvalue weighted by Crippen LogP contribution is -2.18. The summed E-state index contributed by atoms with van der Waals surface area (Å²) < 4.78 is 1.81. The Labute approximate surface area is 116 Å². The maximum Gasteiger partial charge on any atom is 0.271 e. The predicted octanol–water partition coefficient (Wildman–Crippen LogP) is 2.16. The number of aromatic nitrogens is 2. The summed E-state index contributed by atoms with van der Waals surface area (Å²) in [6.07, 6.45) is 4.96. The molecule has 1 heterocycles. The minimum absolute atomic E-state index is 0.0814. The van der Waals surface area contributed by atoms with Crippen LogP contribution in [-0.4, -0.2) is 21.2 Å². The van der Waals surface area contributed by atoms with E-state index in [0.717, 1.165) is 30.6 Å². The molecule has 0 bridgehead atoms. The highest BCUT2D eigenvalue weighted by Crippen LogP contribution is 2.32. The highest BCUT2D eigenvalue weighted by molar-refractivity contribution is 5.45. The zero-order chi connectivity index (χ0) is 14.1. The van der Waals surface area contributed by atoms with Gasteiger partial charge in [0, 0.05) is 17.8 Å². The molecule has 0 radical (unpaired) electrons. The van der Waals surface area contributed by atoms with Gasteiger partial charge in [-0.15, -0.1) is 0 Å². The van der Waals surface area contributed by atoms with Gasteiger partial charge in [0.05, 0.1) is 16.8 Å². The standard InChI is InChI=1S/C14H16N4O2/c15-8-10-3-1-6-14-13(10)9-16-17(14)11-4-2-5-12(7-11)18(19)20/h2,4-5,7,9-10H,1,3,6,8,15H2. The van der Waals surface area contributed by atoms with Crippen molar-refractivity contribution in [3.8, 4) is 5.69 Å². The van der Waals surface area contributed by atoms with E-state index >= 15 is 0 Å². The van der Waals surface area contributed by atoms with Crippen LogP contribution < -0.4 is 5.73 Å². The van der Waals surface area contributed by atoms with E-state index in [4.69, 9.17) is 5.73 Å². The molecule has 6 nitrogen and oxygen atoms in total. The second-order valence-electron chi connectivity index (χ2n) is 5.06. The Morgan fingerprint density at radius 3 is 3.10 bits per heavy atom. The Morgan fingerprint density at radius 2 is 2.35 bits per heavy atom. The molecule has 1 aliphatic rings. The van der Waals surface area contributed by atoms with Crippen LogP contribution in [0.15, 0.2) is 30.5 Å². The van der Waals surface area contributed by atoms with Gasteiger partial charge in [-0.1, -0.05) is 6.07 Å². The van der Waals surface area contributed by atoms with Gasteiger partial charge in [0.15, 0.2) is 0 Å². The molecule has 2 aromatic rings. The molecule has 0 aliphatic heterocycles. The number of rotatable bonds is 3. The number of hydrogen-bond acceptors (Lipinski definition) is 4. The molecular formula is C14H16N4O2. The summed E-state index contributed by atoms with van der Waals surface area (Å²) in [7, 11) is 0. The molecule has 0 amide bonds. The largest absolute Gasteiger partial charge is 0.330 e. The van der Waals surface area contributed by atoms with Gasteiger partial charge in [-0.05, 0) is 43.4 Å². The van der Waals surface area contributed by atoms with Crippen LogP contribution in [0.1, 0.15) is 30.0 Å². The van der Waals surface area contributed by atoms with Crippen molar-refractivity contribution in [1.82, 2.24) is 9.78 Å². The first-order valence-electron chi connectivity index (χ1n) is 6.72. The summed E-state index contributed by atoms with van der Waals surface area (Å²) in [6.45, 7) is 0.619. The summed E-state index contributed by atoms with van der Waals surface area (Å²) in [5.41, 5.74) is 8.94. The minimum Gasteiger partial charge on any atom is -0.330 e. The molecule has 6 heteroatoms. The Kier molecular flexibility index (Phi) is 3.23. The topological polar surface area (TPSA) is 87.0 Å². The fraction of sp³-hybridized carbons (Fsp3) is 0.357. The second-order valence-corrected chi connectivity index (χ2v) is 5.06. The molecule has 0 saturated heterocycles. The van der Waals surface area contributed by atoms with Crippen molar-refractivity contribution in [2.45, 2.75) is 25.2 Å². The third-order valence-corrected chi connectivity index (χ3v) is 3.88. The van der Waals surface area contributed by atoms with Gasteiger partial charge in [0.2, 0.25) is 0 Å². The van der Waals surface area contributed by atoms with Gasteiger partial charge in [0.25, 0.3) is 5.69 Å². The van der Waals surface area contributed by atoms with Crippen molar-refractivity contribution in [1.29, 1.82) is 0 Å². The van der Waals surface area contributed by atoms with Crippen molar-refractivity contribution in [3.63, 3.8) is 0 Å². The van der Waals surface area contributed by atoms with Crippen molar-refractivity contribution in [2.24, 2.45) is 5.73 Å². The summed E-state index contributed by atoms with van der Waals surface area (Å²) in [4.78, 5) is 10.5. The summed E-state index contributed by atoms with van der Waals surface area (Å²) >= 11 is 0. The van der Waals surface area contributed by atoms with E-state index in [1.807, 2.05) is 16.9 Å². The van der Waals surface area contributed by atoms with Crippen molar-refractivity contribution < 1.29 is 4.92 Å². The van der Waals surface area contributed by atoms with Crippen molar-refractivity contribution >= 4 is 5.69 Å². The minimum atomic E-state index is -0.387. The maximum absolute atomic E-state index is 10.9. The molecule has 1 aliphatic carbocycles. The zero-order valence-electron chi connectivity index (χ0n) is 11.0. The average molecular weight is 272 g/mol. The van der Waals surface area contributed by atoms with Crippen LogP contribution in [0.2, 0.25) is 0 Å². The molecule has 1 unspecified atom stereocenters. The monoisotopic (exact) mass is 272 g/mol. The first-order valence-corrected chi connectivity index (χ1v) is 6.72. The molecule has 2 N–H and O–H groups in total. The SMILES string of the molecule is NCC1CCCc2c1cnn2-c1cccc([N+](=O)[O-])c1. The molecule has 0 saturated carbocycles. The Bertz CT molecular complexity index is 650. The van der Waals surface area contributed by atoms with Crippen LogP contribution in [0.25, 0.3) is 5.69 Å². The van der Waals surface area contributed by atoms with Gasteiger partial charge in [0.1, 0.15) is 0 Å². The molecule has 104 valence electrons. The van der Waals surface area contributed by atoms with E-state index in [2.05, 4.69) is 5.10 Å². The molecule has 20 heavy (non-hydrogen) atoms. The van der Waals surface area contributed by atoms with Crippen molar-refractivity contribution in [3.05, 3.63) is 51.8 Å². The predicted molar refractivity (Wildman–Crippen MR) is 75.0 cm³/mol. The molecule has 3 rings (SSSR count). The van der Waals surface area contributed by atoms with E-state index in [9.17, 15) is 10.1 Å². The molecule has 0 fully saturated rings. The number of nitrogens with two attached hydrogens (primary N) is 1. The number of nitrogens with zero attached hydrogens (tertiary/aromatic N) is 3. The second kappa shape index (κ2) is 5.05. The van der Waals surface area contributed by atoms with E-state index in [1.54, 1.807) is 12.1 Å². The zero-order valence-corrected chi connectivity index (χ0v) is 11.0. The summed E-state index contributed by atoms with van der Waals surface area (Å²) in [6, 6.07) is 6.57. The summed E-state index contributed by atoms with van der Waals surface area (Å²) in [5.74, 6) is 0.353. The summed E-state index contributed by atoms with van der Waals surface area (Å²) in [5, 5.41) is 15.3. The third-order valence-electron chi connectivity index (χ3n) is 3.88. The quantitative estimate of drug-likeness (QED) is 0.685. The fourth-order valence-electron chi connectivity index (χ4n) is 2.85. The lowest BCUT2D eigenvalue weighted by molar-refractivity contribution is -0.384. The number of fused-ring (bicyclic) bond motifs is 1. The van der Waals surface area contributed by atoms with Gasteiger partial charge in [-0.25, -0.2) is 4.68 Å². The van der Waals surface area contributed by atoms with Gasteiger partial charge in [-0.2, -0.15) is 5.10 Å². The van der Waals surface area contributed by atoms with Crippen molar-refractivity contribution in [2.75, 3.05) is 6.54 Å². The number of nitro groups is 1. The fourth-order valence-corrected chi connectivity index (χ4v) is 2.85. The van der Waals surface area contributed by atoms with E-state index in [1.165, 1.54) is 11.6 Å². The molecule has 1 aromatic carbocycles. The molecular weight excluding hydrogens is 256 g/mol. The van der Waals surface area contributed by atoms with Crippen LogP contribution in [0.3, 0.4) is 0 Å². The van der Waals surface area contributed by atoms with Gasteiger partial charge < -0.3 is 5.73 Å². The molecule has 0 spiro atoms. The van der Waals surface area contributed by atoms with Crippen LogP contribution in [0.4, 0.5) is 5.69 Å². The highest BCUT2D eigenvalue weighted by atomic mass is 16.6. The van der Waals surface area contributed by atoms with Gasteiger partial charge in [-0.3, -0.25) is 10.1 Å².